The van der Waals surface area contributed by atoms with Crippen LogP contribution in [0.5, 0.6) is 0 Å². The van der Waals surface area contributed by atoms with Gasteiger partial charge in [-0.3, -0.25) is 4.79 Å². The molecule has 1 unspecified atom stereocenters. The normalized spacial score (nSPS) is 12.0. The van der Waals surface area contributed by atoms with Crippen LogP contribution in [0.4, 0.5) is 0 Å². The van der Waals surface area contributed by atoms with Crippen molar-refractivity contribution in [3.63, 3.8) is 0 Å². The molecular formula is C15H13N5O4S. The number of nitrogens with zero attached hydrogens (tertiary/aromatic N) is 4. The van der Waals surface area contributed by atoms with E-state index in [0.29, 0.717) is 16.4 Å². The highest BCUT2D eigenvalue weighted by molar-refractivity contribution is 7.99. The third-order valence-corrected chi connectivity index (χ3v) is 4.36. The lowest BCUT2D eigenvalue weighted by Crippen LogP contribution is -2.08. The molecule has 3 aromatic rings. The summed E-state index contributed by atoms with van der Waals surface area (Å²) < 4.78 is 1.45. The van der Waals surface area contributed by atoms with Crippen LogP contribution in [0.15, 0.2) is 52.5 Å². The monoisotopic (exact) mass is 359 g/mol. The van der Waals surface area contributed by atoms with Gasteiger partial charge in [-0.05, 0) is 46.3 Å². The first-order chi connectivity index (χ1) is 12.0. The third kappa shape index (κ3) is 3.92. The van der Waals surface area contributed by atoms with Crippen LogP contribution < -0.4 is 5.56 Å². The fraction of sp³-hybridized carbons (Fsp3) is 0.133. The number of aromatic amines is 1. The Balaban J connectivity index is 1.72. The van der Waals surface area contributed by atoms with Gasteiger partial charge in [-0.2, -0.15) is 4.68 Å². The van der Waals surface area contributed by atoms with Crippen molar-refractivity contribution in [2.24, 2.45) is 0 Å². The van der Waals surface area contributed by atoms with E-state index in [2.05, 4.69) is 20.5 Å². The first kappa shape index (κ1) is 16.9. The summed E-state index contributed by atoms with van der Waals surface area (Å²) in [6, 6.07) is 9.02. The van der Waals surface area contributed by atoms with Gasteiger partial charge in [0.05, 0.1) is 17.4 Å². The van der Waals surface area contributed by atoms with Crippen LogP contribution >= 0.6 is 11.8 Å². The van der Waals surface area contributed by atoms with Crippen molar-refractivity contribution in [3.8, 4) is 5.69 Å². The molecule has 3 rings (SSSR count). The zero-order chi connectivity index (χ0) is 17.8. The molecule has 0 radical (unpaired) electrons. The van der Waals surface area contributed by atoms with Crippen molar-refractivity contribution in [1.29, 1.82) is 0 Å². The Morgan fingerprint density at radius 2 is 2.00 bits per heavy atom. The highest BCUT2D eigenvalue weighted by atomic mass is 32.2. The summed E-state index contributed by atoms with van der Waals surface area (Å²) in [4.78, 5) is 24.5. The van der Waals surface area contributed by atoms with Gasteiger partial charge in [0.25, 0.3) is 0 Å². The van der Waals surface area contributed by atoms with Crippen LogP contribution in [-0.4, -0.2) is 47.1 Å². The minimum atomic E-state index is -1.01. The lowest BCUT2D eigenvalue weighted by molar-refractivity contribution is 0.0697. The van der Waals surface area contributed by atoms with E-state index in [0.717, 1.165) is 0 Å². The van der Waals surface area contributed by atoms with Crippen molar-refractivity contribution in [1.82, 2.24) is 25.2 Å². The Labute approximate surface area is 145 Å². The highest BCUT2D eigenvalue weighted by Crippen LogP contribution is 2.24. The number of aromatic nitrogens is 5. The molecule has 0 fully saturated rings. The molecule has 0 aliphatic carbocycles. The van der Waals surface area contributed by atoms with Crippen LogP contribution in [0.25, 0.3) is 5.69 Å². The molecule has 0 spiro atoms. The quantitative estimate of drug-likeness (QED) is 0.552. The van der Waals surface area contributed by atoms with Crippen molar-refractivity contribution >= 4 is 17.7 Å². The number of aromatic carboxylic acids is 1. The molecular weight excluding hydrogens is 346 g/mol. The highest BCUT2D eigenvalue weighted by Gasteiger charge is 2.14. The summed E-state index contributed by atoms with van der Waals surface area (Å²) in [7, 11) is 0. The Kier molecular flexibility index (Phi) is 4.91. The van der Waals surface area contributed by atoms with Crippen molar-refractivity contribution < 1.29 is 15.0 Å². The molecule has 2 aromatic heterocycles. The molecule has 3 N–H and O–H groups in total. The maximum Gasteiger partial charge on any atom is 0.335 e. The number of rotatable bonds is 6. The number of H-pyrrole nitrogens is 1. The van der Waals surface area contributed by atoms with Crippen molar-refractivity contribution in [2.45, 2.75) is 11.3 Å². The summed E-state index contributed by atoms with van der Waals surface area (Å²) in [6.45, 7) is 0. The Hall–Kier alpha value is -2.98. The molecule has 1 aromatic carbocycles. The molecule has 0 aliphatic heterocycles. The number of aliphatic hydroxyl groups is 1. The summed E-state index contributed by atoms with van der Waals surface area (Å²) in [5.74, 6) is -0.735. The number of hydrogen-bond acceptors (Lipinski definition) is 7. The number of pyridine rings is 1. The fourth-order valence-electron chi connectivity index (χ4n) is 2.06. The Bertz CT molecular complexity index is 917. The van der Waals surface area contributed by atoms with Crippen molar-refractivity contribution in [3.05, 3.63) is 64.1 Å². The van der Waals surface area contributed by atoms with Gasteiger partial charge in [0.15, 0.2) is 0 Å². The van der Waals surface area contributed by atoms with Gasteiger partial charge in [0.1, 0.15) is 0 Å². The van der Waals surface area contributed by atoms with Gasteiger partial charge in [-0.15, -0.1) is 5.10 Å². The second-order valence-electron chi connectivity index (χ2n) is 5.04. The average molecular weight is 359 g/mol. The van der Waals surface area contributed by atoms with Crippen LogP contribution in [0, 0.1) is 0 Å². The second-order valence-corrected chi connectivity index (χ2v) is 6.03. The molecule has 0 saturated heterocycles. The van der Waals surface area contributed by atoms with Crippen LogP contribution in [0.1, 0.15) is 22.0 Å². The molecule has 9 nitrogen and oxygen atoms in total. The first-order valence-electron chi connectivity index (χ1n) is 7.16. The number of benzene rings is 1. The zero-order valence-corrected chi connectivity index (χ0v) is 13.6. The molecule has 0 aliphatic rings. The Morgan fingerprint density at radius 1 is 1.24 bits per heavy atom. The Morgan fingerprint density at radius 3 is 2.64 bits per heavy atom. The summed E-state index contributed by atoms with van der Waals surface area (Å²) in [5, 5.41) is 31.0. The number of nitrogens with one attached hydrogen (secondary N) is 1. The van der Waals surface area contributed by atoms with Crippen LogP contribution in [0.2, 0.25) is 0 Å². The molecule has 1 atom stereocenters. The summed E-state index contributed by atoms with van der Waals surface area (Å²) in [6.07, 6.45) is 0.655. The standard InChI is InChI=1S/C15H13N5O4S/c21-12(10-3-6-13(22)16-7-10)8-25-15-17-18-19-20(15)11-4-1-9(2-5-11)14(23)24/h1-7,12,21H,8H2,(H,16,22)(H,23,24). The van der Waals surface area contributed by atoms with E-state index < -0.39 is 12.1 Å². The van der Waals surface area contributed by atoms with Crippen LogP contribution in [-0.2, 0) is 0 Å². The minimum absolute atomic E-state index is 0.166. The molecule has 0 amide bonds. The van der Waals surface area contributed by atoms with E-state index >= 15 is 0 Å². The zero-order valence-electron chi connectivity index (χ0n) is 12.7. The molecule has 0 saturated carbocycles. The molecule has 128 valence electrons. The molecule has 0 bridgehead atoms. The third-order valence-electron chi connectivity index (χ3n) is 3.36. The van der Waals surface area contributed by atoms with Gasteiger partial charge in [-0.25, -0.2) is 4.79 Å². The lowest BCUT2D eigenvalue weighted by atomic mass is 10.2. The number of tetrazole rings is 1. The number of carboxylic acid groups (broad SMARTS) is 1. The maximum atomic E-state index is 11.0. The predicted molar refractivity (Wildman–Crippen MR) is 88.9 cm³/mol. The smallest absolute Gasteiger partial charge is 0.335 e. The molecule has 2 heterocycles. The van der Waals surface area contributed by atoms with E-state index in [1.165, 1.54) is 40.8 Å². The fourth-order valence-corrected chi connectivity index (χ4v) is 2.91. The van der Waals surface area contributed by atoms with Gasteiger partial charge in [0.2, 0.25) is 10.7 Å². The predicted octanol–water partition coefficient (Wildman–Crippen LogP) is 0.874. The van der Waals surface area contributed by atoms with Crippen molar-refractivity contribution in [2.75, 3.05) is 5.75 Å². The van der Waals surface area contributed by atoms with E-state index in [9.17, 15) is 14.7 Å². The van der Waals surface area contributed by atoms with Gasteiger partial charge in [-0.1, -0.05) is 11.8 Å². The van der Waals surface area contributed by atoms with E-state index in [4.69, 9.17) is 5.11 Å². The SMILES string of the molecule is O=C(O)c1ccc(-n2nnnc2SCC(O)c2ccc(=O)[nH]c2)cc1. The minimum Gasteiger partial charge on any atom is -0.478 e. The van der Waals surface area contributed by atoms with Gasteiger partial charge >= 0.3 is 5.97 Å². The van der Waals surface area contributed by atoms with Gasteiger partial charge in [0, 0.05) is 18.0 Å². The second kappa shape index (κ2) is 7.28. The number of carboxylic acids is 1. The van der Waals surface area contributed by atoms with E-state index in [-0.39, 0.29) is 16.9 Å². The number of carbonyl (C=O) groups is 1. The summed E-state index contributed by atoms with van der Waals surface area (Å²) in [5.41, 5.74) is 1.12. The number of hydrogen-bond donors (Lipinski definition) is 3. The largest absolute Gasteiger partial charge is 0.478 e. The lowest BCUT2D eigenvalue weighted by Gasteiger charge is -2.10. The van der Waals surface area contributed by atoms with Gasteiger partial charge < -0.3 is 15.2 Å². The average Bonchev–Trinajstić information content (AvgIpc) is 3.09. The molecule has 25 heavy (non-hydrogen) atoms. The maximum absolute atomic E-state index is 11.0. The van der Waals surface area contributed by atoms with E-state index in [1.807, 2.05) is 0 Å². The van der Waals surface area contributed by atoms with E-state index in [1.54, 1.807) is 18.2 Å². The topological polar surface area (TPSA) is 134 Å². The number of aliphatic hydroxyl groups excluding tert-OH is 1. The molecule has 10 heteroatoms. The first-order valence-corrected chi connectivity index (χ1v) is 8.15. The van der Waals surface area contributed by atoms with Crippen LogP contribution in [0.3, 0.4) is 0 Å². The summed E-state index contributed by atoms with van der Waals surface area (Å²) >= 11 is 1.23. The number of thioether (sulfide) groups is 1.